The minimum atomic E-state index is -0.600. The lowest BCUT2D eigenvalue weighted by molar-refractivity contribution is -0.122. The highest BCUT2D eigenvalue weighted by Crippen LogP contribution is 2.24. The molecule has 0 aromatic heterocycles. The van der Waals surface area contributed by atoms with Crippen LogP contribution in [-0.2, 0) is 4.79 Å². The highest BCUT2D eigenvalue weighted by atomic mass is 35.5. The van der Waals surface area contributed by atoms with E-state index in [-0.39, 0.29) is 5.91 Å². The second kappa shape index (κ2) is 7.52. The number of hydrogen-bond donors (Lipinski definition) is 1. The Morgan fingerprint density at radius 2 is 1.95 bits per heavy atom. The number of anilines is 1. The Morgan fingerprint density at radius 1 is 1.23 bits per heavy atom. The average Bonchev–Trinajstić information content (AvgIpc) is 2.49. The van der Waals surface area contributed by atoms with Gasteiger partial charge in [-0.25, -0.2) is 0 Å². The fraction of sp³-hybridized carbons (Fsp3) is 0.235. The molecule has 0 heterocycles. The lowest BCUT2D eigenvalue weighted by Crippen LogP contribution is -2.32. The molecule has 1 N–H and O–H groups in total. The summed E-state index contributed by atoms with van der Waals surface area (Å²) in [6, 6.07) is 12.4. The molecule has 2 aromatic carbocycles. The molecule has 0 aliphatic rings. The summed E-state index contributed by atoms with van der Waals surface area (Å²) in [5.41, 5.74) is 1.51. The molecule has 0 saturated heterocycles. The monoisotopic (exact) mass is 337 g/mol. The van der Waals surface area contributed by atoms with Crippen molar-refractivity contribution in [3.63, 3.8) is 0 Å². The molecule has 2 rings (SSSR count). The Kier molecular flexibility index (Phi) is 5.69. The fourth-order valence-corrected chi connectivity index (χ4v) is 2.34. The number of nitrogens with one attached hydrogen (secondary N) is 1. The predicted molar refractivity (Wildman–Crippen MR) is 91.0 cm³/mol. The van der Waals surface area contributed by atoms with Crippen LogP contribution in [0.1, 0.15) is 18.9 Å². The van der Waals surface area contributed by atoms with Gasteiger partial charge in [-0.3, -0.25) is 4.79 Å². The van der Waals surface area contributed by atoms with Gasteiger partial charge in [0.2, 0.25) is 0 Å². The Bertz CT molecular complexity index is 673. The van der Waals surface area contributed by atoms with Crippen LogP contribution in [0.5, 0.6) is 5.75 Å². The maximum absolute atomic E-state index is 12.4. The molecular formula is C17H17Cl2NO2. The van der Waals surface area contributed by atoms with Gasteiger partial charge in [0.25, 0.3) is 5.91 Å². The van der Waals surface area contributed by atoms with E-state index < -0.39 is 6.10 Å². The standard InChI is InChI=1S/C17H17Cl2NO2/c1-3-16(22-13-7-4-6-12(18)10-13)17(21)20-15-9-5-8-14(19)11(15)2/h4-10,16H,3H2,1-2H3,(H,20,21)/t16-/m0/s1. The Morgan fingerprint density at radius 3 is 2.64 bits per heavy atom. The lowest BCUT2D eigenvalue weighted by atomic mass is 10.2. The van der Waals surface area contributed by atoms with Gasteiger partial charge in [-0.1, -0.05) is 42.3 Å². The van der Waals surface area contributed by atoms with Crippen LogP contribution in [0, 0.1) is 6.92 Å². The van der Waals surface area contributed by atoms with Crippen molar-refractivity contribution in [1.29, 1.82) is 0 Å². The number of carbonyl (C=O) groups is 1. The second-order valence-electron chi connectivity index (χ2n) is 4.87. The first kappa shape index (κ1) is 16.7. The van der Waals surface area contributed by atoms with Crippen LogP contribution in [0.3, 0.4) is 0 Å². The van der Waals surface area contributed by atoms with Crippen LogP contribution in [-0.4, -0.2) is 12.0 Å². The third-order valence-corrected chi connectivity index (χ3v) is 3.91. The summed E-state index contributed by atoms with van der Waals surface area (Å²) >= 11 is 12.0. The summed E-state index contributed by atoms with van der Waals surface area (Å²) in [6.45, 7) is 3.75. The quantitative estimate of drug-likeness (QED) is 0.824. The topological polar surface area (TPSA) is 38.3 Å². The number of amides is 1. The summed E-state index contributed by atoms with van der Waals surface area (Å²) in [4.78, 5) is 12.4. The third kappa shape index (κ3) is 4.15. The van der Waals surface area contributed by atoms with Crippen molar-refractivity contribution in [1.82, 2.24) is 0 Å². The van der Waals surface area contributed by atoms with Gasteiger partial charge in [-0.05, 0) is 49.2 Å². The zero-order valence-electron chi connectivity index (χ0n) is 12.4. The van der Waals surface area contributed by atoms with Crippen LogP contribution in [0.15, 0.2) is 42.5 Å². The number of rotatable bonds is 5. The minimum Gasteiger partial charge on any atom is -0.481 e. The highest BCUT2D eigenvalue weighted by molar-refractivity contribution is 6.31. The smallest absolute Gasteiger partial charge is 0.265 e. The van der Waals surface area contributed by atoms with E-state index in [0.29, 0.717) is 27.9 Å². The van der Waals surface area contributed by atoms with Gasteiger partial charge in [-0.2, -0.15) is 0 Å². The maximum atomic E-state index is 12.4. The molecule has 0 bridgehead atoms. The van der Waals surface area contributed by atoms with E-state index in [0.717, 1.165) is 5.56 Å². The SMILES string of the molecule is CC[C@H](Oc1cccc(Cl)c1)C(=O)Nc1cccc(Cl)c1C. The van der Waals surface area contributed by atoms with Crippen molar-refractivity contribution in [3.8, 4) is 5.75 Å². The zero-order valence-corrected chi connectivity index (χ0v) is 13.9. The molecule has 0 unspecified atom stereocenters. The van der Waals surface area contributed by atoms with E-state index in [1.807, 2.05) is 19.9 Å². The molecule has 1 atom stereocenters. The molecule has 0 fully saturated rings. The van der Waals surface area contributed by atoms with Crippen LogP contribution in [0.4, 0.5) is 5.69 Å². The first-order valence-corrected chi connectivity index (χ1v) is 7.75. The summed E-state index contributed by atoms with van der Waals surface area (Å²) in [5.74, 6) is 0.352. The molecule has 116 valence electrons. The molecule has 22 heavy (non-hydrogen) atoms. The predicted octanol–water partition coefficient (Wildman–Crippen LogP) is 5.10. The number of benzene rings is 2. The maximum Gasteiger partial charge on any atom is 0.265 e. The summed E-state index contributed by atoms with van der Waals surface area (Å²) in [7, 11) is 0. The van der Waals surface area contributed by atoms with E-state index in [1.165, 1.54) is 0 Å². The number of hydrogen-bond acceptors (Lipinski definition) is 2. The number of halogens is 2. The fourth-order valence-electron chi connectivity index (χ4n) is 1.98. The van der Waals surface area contributed by atoms with Gasteiger partial charge in [0, 0.05) is 15.7 Å². The summed E-state index contributed by atoms with van der Waals surface area (Å²) in [5, 5.41) is 4.04. The molecular weight excluding hydrogens is 321 g/mol. The normalized spacial score (nSPS) is 11.8. The summed E-state index contributed by atoms with van der Waals surface area (Å²) in [6.07, 6.45) is -0.0605. The van der Waals surface area contributed by atoms with Gasteiger partial charge in [-0.15, -0.1) is 0 Å². The van der Waals surface area contributed by atoms with Gasteiger partial charge in [0.1, 0.15) is 5.75 Å². The molecule has 5 heteroatoms. The molecule has 0 aliphatic carbocycles. The van der Waals surface area contributed by atoms with Gasteiger partial charge < -0.3 is 10.1 Å². The van der Waals surface area contributed by atoms with Gasteiger partial charge in [0.05, 0.1) is 0 Å². The van der Waals surface area contributed by atoms with Gasteiger partial charge >= 0.3 is 0 Å². The highest BCUT2D eigenvalue weighted by Gasteiger charge is 2.19. The number of carbonyl (C=O) groups excluding carboxylic acids is 1. The minimum absolute atomic E-state index is 0.215. The molecule has 1 amide bonds. The molecule has 3 nitrogen and oxygen atoms in total. The van der Waals surface area contributed by atoms with Crippen LogP contribution >= 0.6 is 23.2 Å². The van der Waals surface area contributed by atoms with Crippen LogP contribution in [0.25, 0.3) is 0 Å². The largest absolute Gasteiger partial charge is 0.481 e. The Hall–Kier alpha value is -1.71. The van der Waals surface area contributed by atoms with Crippen molar-refractivity contribution in [2.24, 2.45) is 0 Å². The van der Waals surface area contributed by atoms with Crippen molar-refractivity contribution < 1.29 is 9.53 Å². The average molecular weight is 338 g/mol. The third-order valence-electron chi connectivity index (χ3n) is 3.26. The second-order valence-corrected chi connectivity index (χ2v) is 5.72. The van der Waals surface area contributed by atoms with E-state index in [4.69, 9.17) is 27.9 Å². The lowest BCUT2D eigenvalue weighted by Gasteiger charge is -2.18. The van der Waals surface area contributed by atoms with Crippen molar-refractivity contribution in [2.45, 2.75) is 26.4 Å². The first-order chi connectivity index (χ1) is 10.5. The van der Waals surface area contributed by atoms with E-state index in [1.54, 1.807) is 36.4 Å². The number of ether oxygens (including phenoxy) is 1. The molecule has 2 aromatic rings. The molecule has 0 spiro atoms. The molecule has 0 saturated carbocycles. The Labute approximate surface area is 140 Å². The van der Waals surface area contributed by atoms with Crippen molar-refractivity contribution in [3.05, 3.63) is 58.1 Å². The Balaban J connectivity index is 2.10. The van der Waals surface area contributed by atoms with Crippen LogP contribution in [0.2, 0.25) is 10.0 Å². The van der Waals surface area contributed by atoms with E-state index in [2.05, 4.69) is 5.32 Å². The van der Waals surface area contributed by atoms with Crippen molar-refractivity contribution >= 4 is 34.8 Å². The zero-order chi connectivity index (χ0) is 16.1. The van der Waals surface area contributed by atoms with Gasteiger partial charge in [0.15, 0.2) is 6.10 Å². The molecule has 0 aliphatic heterocycles. The summed E-state index contributed by atoms with van der Waals surface area (Å²) < 4.78 is 5.72. The van der Waals surface area contributed by atoms with E-state index >= 15 is 0 Å². The van der Waals surface area contributed by atoms with Crippen LogP contribution < -0.4 is 10.1 Å². The first-order valence-electron chi connectivity index (χ1n) is 6.99. The van der Waals surface area contributed by atoms with Crippen molar-refractivity contribution in [2.75, 3.05) is 5.32 Å². The van der Waals surface area contributed by atoms with E-state index in [9.17, 15) is 4.79 Å². The molecule has 0 radical (unpaired) electrons.